The maximum Gasteiger partial charge on any atom is 0.222 e. The first kappa shape index (κ1) is 22.2. The number of rotatable bonds is 9. The molecular weight excluding hydrogens is 350 g/mol. The third-order valence-electron chi connectivity index (χ3n) is 5.16. The molecule has 6 nitrogen and oxygen atoms in total. The van der Waals surface area contributed by atoms with Crippen LogP contribution in [0.1, 0.15) is 52.0 Å². The molecule has 0 saturated carbocycles. The Bertz CT molecular complexity index is 609. The first-order valence-corrected chi connectivity index (χ1v) is 10.6. The minimum absolute atomic E-state index is 0.0425. The zero-order chi connectivity index (χ0) is 20.2. The fourth-order valence-corrected chi connectivity index (χ4v) is 3.39. The van der Waals surface area contributed by atoms with Gasteiger partial charge in [-0.2, -0.15) is 0 Å². The van der Waals surface area contributed by atoms with Crippen LogP contribution >= 0.6 is 0 Å². The zero-order valence-corrected chi connectivity index (χ0v) is 17.8. The second-order valence-corrected chi connectivity index (χ2v) is 7.99. The quantitative estimate of drug-likeness (QED) is 0.450. The van der Waals surface area contributed by atoms with Crippen LogP contribution in [-0.2, 0) is 11.3 Å². The summed E-state index contributed by atoms with van der Waals surface area (Å²) in [6.07, 6.45) is 4.33. The largest absolute Gasteiger partial charge is 0.357 e. The van der Waals surface area contributed by atoms with Crippen molar-refractivity contribution in [2.45, 2.75) is 58.5 Å². The molecule has 28 heavy (non-hydrogen) atoms. The molecule has 1 saturated heterocycles. The second kappa shape index (κ2) is 11.7. The Labute approximate surface area is 170 Å². The topological polar surface area (TPSA) is 68.8 Å². The van der Waals surface area contributed by atoms with Gasteiger partial charge >= 0.3 is 0 Å². The van der Waals surface area contributed by atoms with Crippen molar-refractivity contribution in [3.63, 3.8) is 0 Å². The van der Waals surface area contributed by atoms with Crippen molar-refractivity contribution in [1.29, 1.82) is 0 Å². The summed E-state index contributed by atoms with van der Waals surface area (Å²) in [4.78, 5) is 19.4. The van der Waals surface area contributed by atoms with Crippen LogP contribution in [0.4, 0.5) is 0 Å². The Morgan fingerprint density at radius 3 is 2.46 bits per heavy atom. The van der Waals surface area contributed by atoms with E-state index in [9.17, 15) is 4.79 Å². The lowest BCUT2D eigenvalue weighted by Crippen LogP contribution is -2.49. The van der Waals surface area contributed by atoms with Gasteiger partial charge in [-0.1, -0.05) is 36.8 Å². The molecule has 2 rings (SSSR count). The number of aliphatic imine (C=N–C) groups is 1. The van der Waals surface area contributed by atoms with Crippen LogP contribution in [-0.4, -0.2) is 55.0 Å². The summed E-state index contributed by atoms with van der Waals surface area (Å²) in [5.74, 6) is 0.823. The number of likely N-dealkylation sites (tertiary alicyclic amines) is 1. The standard InChI is InChI=1S/C22H37N5O/c1-4-23-21(26-18-22(2,3)27-15-9-6-10-16-27)24-14-13-20(28)25-17-19-11-7-5-8-12-19/h5,7-8,11-12H,4,6,9-10,13-18H2,1-3H3,(H,25,28)(H2,23,24,26). The molecule has 0 unspecified atom stereocenters. The van der Waals surface area contributed by atoms with E-state index in [1.165, 1.54) is 19.3 Å². The SMILES string of the molecule is CCNC(=NCC(C)(C)N1CCCCC1)NCCC(=O)NCc1ccccc1. The summed E-state index contributed by atoms with van der Waals surface area (Å²) in [6.45, 7) is 11.6. The number of amides is 1. The lowest BCUT2D eigenvalue weighted by Gasteiger charge is -2.40. The number of carbonyl (C=O) groups is 1. The predicted octanol–water partition coefficient (Wildman–Crippen LogP) is 2.51. The van der Waals surface area contributed by atoms with Crippen molar-refractivity contribution in [2.24, 2.45) is 4.99 Å². The maximum atomic E-state index is 12.1. The van der Waals surface area contributed by atoms with Crippen molar-refractivity contribution in [3.8, 4) is 0 Å². The van der Waals surface area contributed by atoms with Crippen molar-refractivity contribution >= 4 is 11.9 Å². The molecule has 1 aromatic carbocycles. The molecule has 1 amide bonds. The summed E-state index contributed by atoms with van der Waals surface area (Å²) in [6, 6.07) is 9.96. The van der Waals surface area contributed by atoms with Crippen LogP contribution in [0.3, 0.4) is 0 Å². The van der Waals surface area contributed by atoms with E-state index in [0.717, 1.165) is 37.7 Å². The van der Waals surface area contributed by atoms with E-state index in [4.69, 9.17) is 4.99 Å². The molecule has 0 bridgehead atoms. The average molecular weight is 388 g/mol. The third-order valence-corrected chi connectivity index (χ3v) is 5.16. The molecule has 3 N–H and O–H groups in total. The highest BCUT2D eigenvalue weighted by molar-refractivity contribution is 5.81. The number of nitrogens with zero attached hydrogens (tertiary/aromatic N) is 2. The lowest BCUT2D eigenvalue weighted by atomic mass is 9.99. The van der Waals surface area contributed by atoms with Crippen LogP contribution < -0.4 is 16.0 Å². The van der Waals surface area contributed by atoms with Gasteiger partial charge in [0, 0.05) is 31.6 Å². The number of guanidine groups is 1. The van der Waals surface area contributed by atoms with Crippen LogP contribution in [0, 0.1) is 0 Å². The fraction of sp³-hybridized carbons (Fsp3) is 0.636. The zero-order valence-electron chi connectivity index (χ0n) is 17.8. The van der Waals surface area contributed by atoms with E-state index >= 15 is 0 Å². The Balaban J connectivity index is 1.74. The third kappa shape index (κ3) is 7.89. The van der Waals surface area contributed by atoms with Crippen molar-refractivity contribution in [2.75, 3.05) is 32.7 Å². The molecule has 0 aromatic heterocycles. The van der Waals surface area contributed by atoms with Gasteiger partial charge < -0.3 is 16.0 Å². The molecule has 0 atom stereocenters. The highest BCUT2D eigenvalue weighted by atomic mass is 16.1. The molecular formula is C22H37N5O. The Morgan fingerprint density at radius 1 is 1.07 bits per heavy atom. The van der Waals surface area contributed by atoms with Gasteiger partial charge in [0.15, 0.2) is 5.96 Å². The summed E-state index contributed by atoms with van der Waals surface area (Å²) in [7, 11) is 0. The molecule has 0 radical (unpaired) electrons. The number of nitrogens with one attached hydrogen (secondary N) is 3. The van der Waals surface area contributed by atoms with Gasteiger partial charge in [0.2, 0.25) is 5.91 Å². The molecule has 1 aliphatic heterocycles. The van der Waals surface area contributed by atoms with Gasteiger partial charge in [-0.05, 0) is 52.3 Å². The maximum absolute atomic E-state index is 12.1. The van der Waals surface area contributed by atoms with Gasteiger partial charge in [-0.15, -0.1) is 0 Å². The molecule has 1 aliphatic rings. The van der Waals surface area contributed by atoms with Gasteiger partial charge in [0.1, 0.15) is 0 Å². The number of piperidine rings is 1. The molecule has 0 spiro atoms. The summed E-state index contributed by atoms with van der Waals surface area (Å²) in [5, 5.41) is 9.52. The molecule has 6 heteroatoms. The molecule has 0 aliphatic carbocycles. The number of benzene rings is 1. The monoisotopic (exact) mass is 387 g/mol. The molecule has 1 aromatic rings. The first-order chi connectivity index (χ1) is 13.5. The van der Waals surface area contributed by atoms with Crippen molar-refractivity contribution in [1.82, 2.24) is 20.9 Å². The van der Waals surface area contributed by atoms with Crippen LogP contribution in [0.25, 0.3) is 0 Å². The molecule has 1 heterocycles. The Kier molecular flexibility index (Phi) is 9.28. The molecule has 156 valence electrons. The van der Waals surface area contributed by atoms with E-state index < -0.39 is 0 Å². The van der Waals surface area contributed by atoms with Gasteiger partial charge in [0.25, 0.3) is 0 Å². The van der Waals surface area contributed by atoms with Crippen LogP contribution in [0.2, 0.25) is 0 Å². The fourth-order valence-electron chi connectivity index (χ4n) is 3.39. The van der Waals surface area contributed by atoms with Gasteiger partial charge in [0.05, 0.1) is 6.54 Å². The second-order valence-electron chi connectivity index (χ2n) is 7.99. The van der Waals surface area contributed by atoms with E-state index in [2.05, 4.69) is 41.6 Å². The smallest absolute Gasteiger partial charge is 0.222 e. The molecule has 1 fully saturated rings. The minimum Gasteiger partial charge on any atom is -0.357 e. The number of hydrogen-bond donors (Lipinski definition) is 3. The van der Waals surface area contributed by atoms with Gasteiger partial charge in [-0.3, -0.25) is 14.7 Å². The number of carbonyl (C=O) groups excluding carboxylic acids is 1. The van der Waals surface area contributed by atoms with E-state index in [1.54, 1.807) is 0 Å². The van der Waals surface area contributed by atoms with E-state index in [0.29, 0.717) is 19.5 Å². The van der Waals surface area contributed by atoms with Crippen LogP contribution in [0.15, 0.2) is 35.3 Å². The van der Waals surface area contributed by atoms with E-state index in [-0.39, 0.29) is 11.4 Å². The summed E-state index contributed by atoms with van der Waals surface area (Å²) >= 11 is 0. The highest BCUT2D eigenvalue weighted by Crippen LogP contribution is 2.20. The normalized spacial score (nSPS) is 15.9. The minimum atomic E-state index is 0.0425. The van der Waals surface area contributed by atoms with E-state index in [1.807, 2.05) is 30.3 Å². The predicted molar refractivity (Wildman–Crippen MR) is 116 cm³/mol. The highest BCUT2D eigenvalue weighted by Gasteiger charge is 2.27. The van der Waals surface area contributed by atoms with Crippen molar-refractivity contribution < 1.29 is 4.79 Å². The van der Waals surface area contributed by atoms with Gasteiger partial charge in [-0.25, -0.2) is 0 Å². The first-order valence-electron chi connectivity index (χ1n) is 10.6. The van der Waals surface area contributed by atoms with Crippen LogP contribution in [0.5, 0.6) is 0 Å². The number of hydrogen-bond acceptors (Lipinski definition) is 3. The average Bonchev–Trinajstić information content (AvgIpc) is 2.72. The Hall–Kier alpha value is -2.08. The Morgan fingerprint density at radius 2 is 1.79 bits per heavy atom. The summed E-state index contributed by atoms with van der Waals surface area (Å²) < 4.78 is 0. The lowest BCUT2D eigenvalue weighted by molar-refractivity contribution is -0.121. The van der Waals surface area contributed by atoms with Crippen molar-refractivity contribution in [3.05, 3.63) is 35.9 Å². The summed E-state index contributed by atoms with van der Waals surface area (Å²) in [5.41, 5.74) is 1.16.